The van der Waals surface area contributed by atoms with Gasteiger partial charge in [-0.1, -0.05) is 45.0 Å². The summed E-state index contributed by atoms with van der Waals surface area (Å²) in [6.07, 6.45) is 0. The molecule has 0 saturated heterocycles. The molecule has 0 bridgehead atoms. The van der Waals surface area contributed by atoms with Crippen molar-refractivity contribution in [2.24, 2.45) is 0 Å². The molecule has 0 aliphatic heterocycles. The lowest BCUT2D eigenvalue weighted by molar-refractivity contribution is 0.0867. The summed E-state index contributed by atoms with van der Waals surface area (Å²) in [6, 6.07) is 7.33. The fraction of sp³-hybridized carbons (Fsp3) is 0.538. The molecule has 0 aliphatic carbocycles. The second-order valence-electron chi connectivity index (χ2n) is 5.18. The highest BCUT2D eigenvalue weighted by Crippen LogP contribution is 2.28. The highest BCUT2D eigenvalue weighted by atomic mass is 19.1. The summed E-state index contributed by atoms with van der Waals surface area (Å²) in [6.45, 7) is 7.25. The molecule has 0 aromatic heterocycles. The molecule has 1 aromatic carbocycles. The molecular weight excluding hydrogens is 191 g/mol. The van der Waals surface area contributed by atoms with Gasteiger partial charge < -0.3 is 5.11 Å². The molecule has 15 heavy (non-hydrogen) atoms. The molecule has 0 heterocycles. The Morgan fingerprint density at radius 2 is 1.40 bits per heavy atom. The third kappa shape index (κ3) is 2.78. The van der Waals surface area contributed by atoms with Gasteiger partial charge in [0.05, 0.1) is 6.61 Å². The van der Waals surface area contributed by atoms with Crippen molar-refractivity contribution in [3.8, 4) is 0 Å². The Kier molecular flexibility index (Phi) is 3.19. The number of hydrogen-bond donors (Lipinski definition) is 1. The van der Waals surface area contributed by atoms with E-state index >= 15 is 0 Å². The summed E-state index contributed by atoms with van der Waals surface area (Å²) >= 11 is 0. The highest BCUT2D eigenvalue weighted by Gasteiger charge is 2.25. The summed E-state index contributed by atoms with van der Waals surface area (Å²) in [5.74, 6) is 0. The molecule has 1 unspecified atom stereocenters. The average molecular weight is 210 g/mol. The zero-order chi connectivity index (χ0) is 11.7. The maximum Gasteiger partial charge on any atom is 0.156 e. The molecule has 0 saturated carbocycles. The molecule has 1 N–H and O–H groups in total. The van der Waals surface area contributed by atoms with Gasteiger partial charge in [-0.2, -0.15) is 0 Å². The predicted molar refractivity (Wildman–Crippen MR) is 60.7 cm³/mol. The molecule has 1 rings (SSSR count). The average Bonchev–Trinajstić information content (AvgIpc) is 2.17. The predicted octanol–water partition coefficient (Wildman–Crippen LogP) is 3.16. The van der Waals surface area contributed by atoms with E-state index in [4.69, 9.17) is 5.11 Å². The minimum absolute atomic E-state index is 0.0739. The number of hydrogen-bond acceptors (Lipinski definition) is 1. The Morgan fingerprint density at radius 1 is 1.00 bits per heavy atom. The van der Waals surface area contributed by atoms with E-state index in [0.29, 0.717) is 5.56 Å². The van der Waals surface area contributed by atoms with E-state index < -0.39 is 12.3 Å². The summed E-state index contributed by atoms with van der Waals surface area (Å²) in [5, 5.41) is 8.90. The first-order chi connectivity index (χ1) is 6.77. The van der Waals surface area contributed by atoms with E-state index in [2.05, 4.69) is 20.8 Å². The summed E-state index contributed by atoms with van der Waals surface area (Å²) in [5.41, 5.74) is 0.124. The maximum absolute atomic E-state index is 13.7. The van der Waals surface area contributed by atoms with Gasteiger partial charge in [0.2, 0.25) is 0 Å². The second-order valence-corrected chi connectivity index (χ2v) is 5.18. The first-order valence-electron chi connectivity index (χ1n) is 5.18. The quantitative estimate of drug-likeness (QED) is 0.795. The van der Waals surface area contributed by atoms with Crippen LogP contribution in [0.3, 0.4) is 0 Å². The summed E-state index contributed by atoms with van der Waals surface area (Å²) in [7, 11) is 0. The van der Waals surface area contributed by atoms with Gasteiger partial charge in [0.15, 0.2) is 5.67 Å². The largest absolute Gasteiger partial charge is 0.393 e. The van der Waals surface area contributed by atoms with Gasteiger partial charge in [-0.25, -0.2) is 4.39 Å². The zero-order valence-corrected chi connectivity index (χ0v) is 9.84. The lowest BCUT2D eigenvalue weighted by atomic mass is 9.85. The number of aliphatic hydroxyl groups excluding tert-OH is 1. The van der Waals surface area contributed by atoms with Crippen LogP contribution in [0, 0.1) is 0 Å². The van der Waals surface area contributed by atoms with Gasteiger partial charge in [-0.15, -0.1) is 0 Å². The molecule has 1 nitrogen and oxygen atoms in total. The molecule has 1 aromatic rings. The van der Waals surface area contributed by atoms with Gasteiger partial charge in [-0.3, -0.25) is 0 Å². The number of halogens is 1. The molecule has 0 aliphatic rings. The topological polar surface area (TPSA) is 20.2 Å². The number of benzene rings is 1. The van der Waals surface area contributed by atoms with Crippen LogP contribution >= 0.6 is 0 Å². The van der Waals surface area contributed by atoms with E-state index in [-0.39, 0.29) is 5.41 Å². The molecule has 0 spiro atoms. The third-order valence-electron chi connectivity index (χ3n) is 2.65. The van der Waals surface area contributed by atoms with Crippen molar-refractivity contribution in [2.45, 2.75) is 38.8 Å². The molecular formula is C13H19FO. The van der Waals surface area contributed by atoms with Crippen molar-refractivity contribution in [3.63, 3.8) is 0 Å². The Balaban J connectivity index is 3.01. The minimum atomic E-state index is -1.64. The lowest BCUT2D eigenvalue weighted by Crippen LogP contribution is -2.20. The zero-order valence-electron chi connectivity index (χ0n) is 9.84. The molecule has 0 fully saturated rings. The van der Waals surface area contributed by atoms with Crippen LogP contribution in [0.5, 0.6) is 0 Å². The molecule has 1 atom stereocenters. The van der Waals surface area contributed by atoms with Crippen LogP contribution in [0.25, 0.3) is 0 Å². The molecule has 84 valence electrons. The fourth-order valence-corrected chi connectivity index (χ4v) is 1.41. The highest BCUT2D eigenvalue weighted by molar-refractivity contribution is 5.30. The normalized spacial score (nSPS) is 16.1. The molecule has 2 heteroatoms. The Hall–Kier alpha value is -0.890. The summed E-state index contributed by atoms with van der Waals surface area (Å²) < 4.78 is 13.7. The van der Waals surface area contributed by atoms with Crippen molar-refractivity contribution in [2.75, 3.05) is 6.61 Å². The van der Waals surface area contributed by atoms with Crippen LogP contribution in [0.1, 0.15) is 38.8 Å². The first kappa shape index (κ1) is 12.2. The van der Waals surface area contributed by atoms with Crippen molar-refractivity contribution in [3.05, 3.63) is 35.4 Å². The van der Waals surface area contributed by atoms with Gasteiger partial charge >= 0.3 is 0 Å². The van der Waals surface area contributed by atoms with Gasteiger partial charge in [0.25, 0.3) is 0 Å². The monoisotopic (exact) mass is 210 g/mol. The third-order valence-corrected chi connectivity index (χ3v) is 2.65. The standard InChI is InChI=1S/C13H19FO/c1-12(2,3)10-5-7-11(8-6-10)13(4,14)9-15/h5-8,15H,9H2,1-4H3. The van der Waals surface area contributed by atoms with E-state index in [1.54, 1.807) is 12.1 Å². The lowest BCUT2D eigenvalue weighted by Gasteiger charge is -2.22. The Bertz CT molecular complexity index is 319. The Morgan fingerprint density at radius 3 is 1.73 bits per heavy atom. The summed E-state index contributed by atoms with van der Waals surface area (Å²) in [4.78, 5) is 0. The van der Waals surface area contributed by atoms with Crippen molar-refractivity contribution >= 4 is 0 Å². The molecule has 0 amide bonds. The van der Waals surface area contributed by atoms with E-state index in [0.717, 1.165) is 0 Å². The number of alkyl halides is 1. The van der Waals surface area contributed by atoms with E-state index in [9.17, 15) is 4.39 Å². The van der Waals surface area contributed by atoms with E-state index in [1.807, 2.05) is 12.1 Å². The van der Waals surface area contributed by atoms with Crippen molar-refractivity contribution in [1.29, 1.82) is 0 Å². The van der Waals surface area contributed by atoms with Crippen LogP contribution in [0.4, 0.5) is 4.39 Å². The van der Waals surface area contributed by atoms with Crippen LogP contribution in [0.15, 0.2) is 24.3 Å². The number of rotatable bonds is 2. The fourth-order valence-electron chi connectivity index (χ4n) is 1.41. The van der Waals surface area contributed by atoms with E-state index in [1.165, 1.54) is 12.5 Å². The Labute approximate surface area is 90.9 Å². The maximum atomic E-state index is 13.7. The smallest absolute Gasteiger partial charge is 0.156 e. The van der Waals surface area contributed by atoms with Crippen molar-refractivity contribution in [1.82, 2.24) is 0 Å². The van der Waals surface area contributed by atoms with Gasteiger partial charge in [-0.05, 0) is 23.5 Å². The van der Waals surface area contributed by atoms with Crippen LogP contribution in [-0.4, -0.2) is 11.7 Å². The van der Waals surface area contributed by atoms with Crippen LogP contribution in [0.2, 0.25) is 0 Å². The van der Waals surface area contributed by atoms with Crippen molar-refractivity contribution < 1.29 is 9.50 Å². The van der Waals surface area contributed by atoms with Gasteiger partial charge in [0.1, 0.15) is 0 Å². The van der Waals surface area contributed by atoms with Crippen LogP contribution < -0.4 is 0 Å². The second kappa shape index (κ2) is 3.93. The first-order valence-corrected chi connectivity index (χ1v) is 5.18. The molecule has 0 radical (unpaired) electrons. The number of aliphatic hydroxyl groups is 1. The SMILES string of the molecule is CC(C)(C)c1ccc(C(C)(F)CO)cc1. The van der Waals surface area contributed by atoms with Gasteiger partial charge in [0, 0.05) is 0 Å². The minimum Gasteiger partial charge on any atom is -0.393 e. The van der Waals surface area contributed by atoms with Crippen LogP contribution in [-0.2, 0) is 11.1 Å².